The highest BCUT2D eigenvalue weighted by Gasteiger charge is 2.14. The molecule has 0 aromatic heterocycles. The van der Waals surface area contributed by atoms with Crippen molar-refractivity contribution in [3.8, 4) is 5.75 Å². The summed E-state index contributed by atoms with van der Waals surface area (Å²) in [5.41, 5.74) is 3.05. The molecule has 3 rings (SSSR count). The maximum atomic E-state index is 12.7. The summed E-state index contributed by atoms with van der Waals surface area (Å²) in [6.45, 7) is 2.07. The molecule has 0 atom stereocenters. The largest absolute Gasteiger partial charge is 0.497 e. The van der Waals surface area contributed by atoms with E-state index in [1.807, 2.05) is 25.1 Å². The van der Waals surface area contributed by atoms with Crippen LogP contribution in [-0.2, 0) is 4.79 Å². The third kappa shape index (κ3) is 7.10. The number of nitrogens with one attached hydrogen (secondary N) is 4. The summed E-state index contributed by atoms with van der Waals surface area (Å²) < 4.78 is 5.07. The van der Waals surface area contributed by atoms with Crippen molar-refractivity contribution in [3.63, 3.8) is 0 Å². The second-order valence-electron chi connectivity index (χ2n) is 7.28. The molecule has 3 aromatic rings. The average Bonchev–Trinajstić information content (AvgIpc) is 2.80. The minimum absolute atomic E-state index is 0.0455. The first-order valence-electron chi connectivity index (χ1n) is 10.4. The van der Waals surface area contributed by atoms with E-state index >= 15 is 0 Å². The maximum absolute atomic E-state index is 12.7. The van der Waals surface area contributed by atoms with Crippen molar-refractivity contribution >= 4 is 34.9 Å². The molecule has 8 heteroatoms. The van der Waals surface area contributed by atoms with E-state index in [0.717, 1.165) is 5.56 Å². The number of benzene rings is 3. The molecule has 33 heavy (non-hydrogen) atoms. The average molecular weight is 447 g/mol. The lowest BCUT2D eigenvalue weighted by Crippen LogP contribution is -2.31. The Labute approximate surface area is 192 Å². The zero-order chi connectivity index (χ0) is 23.6. The van der Waals surface area contributed by atoms with Crippen LogP contribution in [0.25, 0.3) is 0 Å². The molecule has 0 saturated carbocycles. The number of para-hydroxylation sites is 1. The third-order valence-electron chi connectivity index (χ3n) is 4.71. The molecule has 0 fully saturated rings. The number of urea groups is 1. The number of rotatable bonds is 8. The highest BCUT2D eigenvalue weighted by Crippen LogP contribution is 2.18. The van der Waals surface area contributed by atoms with Crippen LogP contribution in [0.5, 0.6) is 5.75 Å². The molecule has 0 radical (unpaired) electrons. The molecule has 0 saturated heterocycles. The van der Waals surface area contributed by atoms with Gasteiger partial charge in [-0.3, -0.25) is 9.59 Å². The molecule has 4 amide bonds. The van der Waals surface area contributed by atoms with Gasteiger partial charge in [0.1, 0.15) is 5.75 Å². The minimum Gasteiger partial charge on any atom is -0.497 e. The number of carbonyl (C=O) groups excluding carboxylic acids is 3. The number of methoxy groups -OCH3 is 1. The Morgan fingerprint density at radius 3 is 2.30 bits per heavy atom. The Bertz CT molecular complexity index is 1130. The summed E-state index contributed by atoms with van der Waals surface area (Å²) in [7, 11) is 1.56. The summed E-state index contributed by atoms with van der Waals surface area (Å²) in [5, 5.41) is 10.9. The molecule has 0 aliphatic carbocycles. The van der Waals surface area contributed by atoms with Crippen LogP contribution < -0.4 is 26.0 Å². The highest BCUT2D eigenvalue weighted by molar-refractivity contribution is 6.10. The molecule has 170 valence electrons. The number of amides is 4. The molecule has 0 spiro atoms. The molecular weight excluding hydrogens is 420 g/mol. The van der Waals surface area contributed by atoms with Crippen molar-refractivity contribution < 1.29 is 19.1 Å². The van der Waals surface area contributed by atoms with Crippen molar-refractivity contribution in [2.45, 2.75) is 13.3 Å². The predicted octanol–water partition coefficient (Wildman–Crippen LogP) is 4.41. The fourth-order valence-electron chi connectivity index (χ4n) is 3.06. The van der Waals surface area contributed by atoms with Crippen molar-refractivity contribution in [3.05, 3.63) is 83.9 Å². The van der Waals surface area contributed by atoms with Crippen LogP contribution in [-0.4, -0.2) is 31.5 Å². The summed E-state index contributed by atoms with van der Waals surface area (Å²) in [6.07, 6.45) is 0.0455. The Morgan fingerprint density at radius 1 is 0.818 bits per heavy atom. The number of hydrogen-bond acceptors (Lipinski definition) is 4. The lowest BCUT2D eigenvalue weighted by molar-refractivity contribution is -0.116. The SMILES string of the molecule is COc1ccc(NC(=O)NCCC(=O)Nc2ccccc2C(=O)Nc2cccc(C)c2)cc1. The second kappa shape index (κ2) is 11.3. The van der Waals surface area contributed by atoms with E-state index in [1.165, 1.54) is 0 Å². The first-order chi connectivity index (χ1) is 15.9. The highest BCUT2D eigenvalue weighted by atomic mass is 16.5. The van der Waals surface area contributed by atoms with Crippen LogP contribution in [0.1, 0.15) is 22.3 Å². The van der Waals surface area contributed by atoms with Gasteiger partial charge in [-0.25, -0.2) is 4.79 Å². The molecule has 8 nitrogen and oxygen atoms in total. The summed E-state index contributed by atoms with van der Waals surface area (Å²) in [6, 6.07) is 20.7. The molecule has 0 unspecified atom stereocenters. The van der Waals surface area contributed by atoms with Crippen LogP contribution in [0.2, 0.25) is 0 Å². The van der Waals surface area contributed by atoms with Crippen molar-refractivity contribution in [1.29, 1.82) is 0 Å². The van der Waals surface area contributed by atoms with Gasteiger partial charge in [0.25, 0.3) is 5.91 Å². The van der Waals surface area contributed by atoms with Gasteiger partial charge in [-0.1, -0.05) is 24.3 Å². The third-order valence-corrected chi connectivity index (χ3v) is 4.71. The summed E-state index contributed by atoms with van der Waals surface area (Å²) in [4.78, 5) is 37.1. The van der Waals surface area contributed by atoms with Crippen LogP contribution in [0.3, 0.4) is 0 Å². The van der Waals surface area contributed by atoms with Crippen LogP contribution in [0.15, 0.2) is 72.8 Å². The fraction of sp³-hybridized carbons (Fsp3) is 0.160. The van der Waals surface area contributed by atoms with Gasteiger partial charge in [-0.05, 0) is 61.0 Å². The quantitative estimate of drug-likeness (QED) is 0.411. The Kier molecular flexibility index (Phi) is 8.02. The van der Waals surface area contributed by atoms with E-state index in [-0.39, 0.29) is 24.8 Å². The number of carbonyl (C=O) groups is 3. The van der Waals surface area contributed by atoms with Crippen molar-refractivity contribution in [2.75, 3.05) is 29.6 Å². The summed E-state index contributed by atoms with van der Waals surface area (Å²) in [5.74, 6) is 0.0366. The number of hydrogen-bond donors (Lipinski definition) is 4. The van der Waals surface area contributed by atoms with E-state index in [4.69, 9.17) is 4.74 Å². The normalized spacial score (nSPS) is 10.1. The van der Waals surface area contributed by atoms with Gasteiger partial charge in [0, 0.05) is 24.3 Å². The van der Waals surface area contributed by atoms with Gasteiger partial charge in [0.15, 0.2) is 0 Å². The Balaban J connectivity index is 1.50. The van der Waals surface area contributed by atoms with E-state index in [9.17, 15) is 14.4 Å². The Hall–Kier alpha value is -4.33. The molecule has 0 bridgehead atoms. The first-order valence-corrected chi connectivity index (χ1v) is 10.4. The Morgan fingerprint density at radius 2 is 1.58 bits per heavy atom. The van der Waals surface area contributed by atoms with Crippen molar-refractivity contribution in [1.82, 2.24) is 5.32 Å². The second-order valence-corrected chi connectivity index (χ2v) is 7.28. The fourth-order valence-corrected chi connectivity index (χ4v) is 3.06. The zero-order valence-corrected chi connectivity index (χ0v) is 18.5. The lowest BCUT2D eigenvalue weighted by Gasteiger charge is -2.12. The van der Waals surface area contributed by atoms with Crippen molar-refractivity contribution in [2.24, 2.45) is 0 Å². The van der Waals surface area contributed by atoms with E-state index in [0.29, 0.717) is 28.4 Å². The lowest BCUT2D eigenvalue weighted by atomic mass is 10.1. The molecular formula is C25H26N4O4. The van der Waals surface area contributed by atoms with Gasteiger partial charge in [-0.2, -0.15) is 0 Å². The van der Waals surface area contributed by atoms with Crippen LogP contribution >= 0.6 is 0 Å². The maximum Gasteiger partial charge on any atom is 0.319 e. The number of anilines is 3. The molecule has 0 aliphatic heterocycles. The van der Waals surface area contributed by atoms with Crippen LogP contribution in [0, 0.1) is 6.92 Å². The van der Waals surface area contributed by atoms with Crippen LogP contribution in [0.4, 0.5) is 21.9 Å². The first kappa shape index (κ1) is 23.3. The predicted molar refractivity (Wildman–Crippen MR) is 129 cm³/mol. The monoisotopic (exact) mass is 446 g/mol. The smallest absolute Gasteiger partial charge is 0.319 e. The van der Waals surface area contributed by atoms with E-state index in [2.05, 4.69) is 21.3 Å². The minimum atomic E-state index is -0.425. The molecule has 4 N–H and O–H groups in total. The molecule has 0 aliphatic rings. The van der Waals surface area contributed by atoms with Gasteiger partial charge < -0.3 is 26.0 Å². The van der Waals surface area contributed by atoms with Gasteiger partial charge in [-0.15, -0.1) is 0 Å². The van der Waals surface area contributed by atoms with E-state index < -0.39 is 6.03 Å². The van der Waals surface area contributed by atoms with Gasteiger partial charge in [0.05, 0.1) is 18.4 Å². The van der Waals surface area contributed by atoms with E-state index in [1.54, 1.807) is 61.7 Å². The molecule has 0 heterocycles. The number of aryl methyl sites for hydroxylation is 1. The molecule has 3 aromatic carbocycles. The van der Waals surface area contributed by atoms with Gasteiger partial charge in [0.2, 0.25) is 5.91 Å². The van der Waals surface area contributed by atoms with Gasteiger partial charge >= 0.3 is 6.03 Å². The summed E-state index contributed by atoms with van der Waals surface area (Å²) >= 11 is 0. The zero-order valence-electron chi connectivity index (χ0n) is 18.5. The number of ether oxygens (including phenoxy) is 1. The standard InChI is InChI=1S/C25H26N4O4/c1-17-6-5-7-19(16-17)27-24(31)21-8-3-4-9-22(21)29-23(30)14-15-26-25(32)28-18-10-12-20(33-2)13-11-18/h3-13,16H,14-15H2,1-2H3,(H,27,31)(H,29,30)(H2,26,28,32). The topological polar surface area (TPSA) is 109 Å².